The van der Waals surface area contributed by atoms with Gasteiger partial charge in [0.05, 0.1) is 6.33 Å². The zero-order valence-electron chi connectivity index (χ0n) is 14.4. The summed E-state index contributed by atoms with van der Waals surface area (Å²) in [5.74, 6) is 0.234. The number of piperidine rings is 1. The fourth-order valence-electron chi connectivity index (χ4n) is 3.50. The first kappa shape index (κ1) is 17.3. The highest BCUT2D eigenvalue weighted by Gasteiger charge is 2.46. The maximum atomic E-state index is 11.6. The summed E-state index contributed by atoms with van der Waals surface area (Å²) in [6.45, 7) is 3.18. The molecule has 0 bridgehead atoms. The van der Waals surface area contributed by atoms with Crippen LogP contribution in [0.2, 0.25) is 0 Å². The third-order valence-corrected chi connectivity index (χ3v) is 4.89. The lowest BCUT2D eigenvalue weighted by Crippen LogP contribution is -2.35. The number of hydrogen-bond acceptors (Lipinski definition) is 9. The standard InChI is InChI=1S/C16H22N6O4/c1-9(23)13-11(24)12(25)16(26-13)22-8-19-10-14(17-7-18-15(10)22)20-21-5-3-2-4-6-21/h7-8,11-13,16,24-25H,2-6H2,1H3,(H,17,18,20)/t11-,12+,13+,16+/m0/s1. The van der Waals surface area contributed by atoms with E-state index in [1.807, 2.05) is 0 Å². The molecular formula is C16H22N6O4. The first-order valence-electron chi connectivity index (χ1n) is 8.77. The van der Waals surface area contributed by atoms with Gasteiger partial charge in [-0.3, -0.25) is 9.36 Å². The fourth-order valence-corrected chi connectivity index (χ4v) is 3.50. The summed E-state index contributed by atoms with van der Waals surface area (Å²) in [5.41, 5.74) is 4.27. The fraction of sp³-hybridized carbons (Fsp3) is 0.625. The van der Waals surface area contributed by atoms with Crippen molar-refractivity contribution >= 4 is 22.8 Å². The van der Waals surface area contributed by atoms with Crippen molar-refractivity contribution < 1.29 is 19.7 Å². The molecule has 2 aliphatic heterocycles. The van der Waals surface area contributed by atoms with Gasteiger partial charge >= 0.3 is 0 Å². The van der Waals surface area contributed by atoms with E-state index in [2.05, 4.69) is 25.4 Å². The number of ketones is 1. The van der Waals surface area contributed by atoms with Crippen LogP contribution in [0.25, 0.3) is 11.2 Å². The van der Waals surface area contributed by atoms with Gasteiger partial charge in [-0.25, -0.2) is 20.0 Å². The van der Waals surface area contributed by atoms with Crippen LogP contribution in [0.1, 0.15) is 32.4 Å². The molecule has 0 unspecified atom stereocenters. The monoisotopic (exact) mass is 362 g/mol. The second-order valence-corrected chi connectivity index (χ2v) is 6.74. The Morgan fingerprint density at radius 2 is 1.96 bits per heavy atom. The van der Waals surface area contributed by atoms with Crippen molar-refractivity contribution in [2.45, 2.75) is 50.7 Å². The average Bonchev–Trinajstić information content (AvgIpc) is 3.19. The number of aliphatic hydroxyl groups is 2. The number of hydrogen-bond donors (Lipinski definition) is 3. The van der Waals surface area contributed by atoms with E-state index in [9.17, 15) is 15.0 Å². The summed E-state index contributed by atoms with van der Waals surface area (Å²) in [7, 11) is 0. The number of fused-ring (bicyclic) bond motifs is 1. The number of Topliss-reactive ketones (excluding diaryl/α,β-unsaturated/α-hetero) is 1. The summed E-state index contributed by atoms with van der Waals surface area (Å²) in [5, 5.41) is 22.5. The van der Waals surface area contributed by atoms with Gasteiger partial charge in [0.1, 0.15) is 24.6 Å². The lowest BCUT2D eigenvalue weighted by Gasteiger charge is -2.27. The van der Waals surface area contributed by atoms with Crippen molar-refractivity contribution in [2.24, 2.45) is 0 Å². The van der Waals surface area contributed by atoms with Gasteiger partial charge in [-0.1, -0.05) is 6.42 Å². The normalized spacial score (nSPS) is 30.0. The highest BCUT2D eigenvalue weighted by molar-refractivity contribution is 5.83. The van der Waals surface area contributed by atoms with Crippen molar-refractivity contribution in [3.05, 3.63) is 12.7 Å². The lowest BCUT2D eigenvalue weighted by atomic mass is 10.1. The van der Waals surface area contributed by atoms with Crippen LogP contribution in [0.5, 0.6) is 0 Å². The van der Waals surface area contributed by atoms with E-state index in [1.165, 1.54) is 30.6 Å². The summed E-state index contributed by atoms with van der Waals surface area (Å²) in [6, 6.07) is 0. The SMILES string of the molecule is CC(=O)[C@H]1O[C@@H](n2cnc3c(NN4CCCCC4)ncnc32)[C@H](O)[C@@H]1O. The third kappa shape index (κ3) is 2.94. The minimum absolute atomic E-state index is 0.342. The molecule has 26 heavy (non-hydrogen) atoms. The van der Waals surface area contributed by atoms with Gasteiger partial charge in [0.2, 0.25) is 0 Å². The molecule has 2 aromatic rings. The Morgan fingerprint density at radius 3 is 2.65 bits per heavy atom. The molecule has 0 aromatic carbocycles. The molecule has 2 aliphatic rings. The van der Waals surface area contributed by atoms with Gasteiger partial charge in [0.15, 0.2) is 29.0 Å². The molecule has 0 aliphatic carbocycles. The molecule has 2 fully saturated rings. The molecular weight excluding hydrogens is 340 g/mol. The van der Waals surface area contributed by atoms with Crippen LogP contribution < -0.4 is 5.43 Å². The summed E-state index contributed by atoms with van der Waals surface area (Å²) in [4.78, 5) is 24.5. The van der Waals surface area contributed by atoms with Crippen LogP contribution >= 0.6 is 0 Å². The maximum absolute atomic E-state index is 11.6. The second-order valence-electron chi connectivity index (χ2n) is 6.74. The number of ether oxygens (including phenoxy) is 1. The molecule has 0 amide bonds. The highest BCUT2D eigenvalue weighted by Crippen LogP contribution is 2.32. The summed E-state index contributed by atoms with van der Waals surface area (Å²) >= 11 is 0. The van der Waals surface area contributed by atoms with E-state index in [1.54, 1.807) is 0 Å². The zero-order chi connectivity index (χ0) is 18.3. The molecule has 3 N–H and O–H groups in total. The Hall–Kier alpha value is -2.14. The maximum Gasteiger partial charge on any atom is 0.172 e. The number of nitrogens with one attached hydrogen (secondary N) is 1. The van der Waals surface area contributed by atoms with Crippen LogP contribution in [0.4, 0.5) is 5.82 Å². The van der Waals surface area contributed by atoms with Crippen LogP contribution in [0.3, 0.4) is 0 Å². The Balaban J connectivity index is 1.63. The zero-order valence-corrected chi connectivity index (χ0v) is 14.4. The van der Waals surface area contributed by atoms with E-state index < -0.39 is 24.5 Å². The molecule has 4 heterocycles. The third-order valence-electron chi connectivity index (χ3n) is 4.89. The lowest BCUT2D eigenvalue weighted by molar-refractivity contribution is -0.133. The van der Waals surface area contributed by atoms with E-state index in [-0.39, 0.29) is 5.78 Å². The number of aliphatic hydroxyl groups excluding tert-OH is 2. The van der Waals surface area contributed by atoms with Crippen LogP contribution in [0.15, 0.2) is 12.7 Å². The molecule has 0 radical (unpaired) electrons. The number of hydrazine groups is 1. The van der Waals surface area contributed by atoms with Crippen LogP contribution in [-0.4, -0.2) is 71.9 Å². The largest absolute Gasteiger partial charge is 0.387 e. The number of imidazole rings is 1. The number of carbonyl (C=O) groups is 1. The molecule has 2 saturated heterocycles. The molecule has 140 valence electrons. The Morgan fingerprint density at radius 1 is 1.19 bits per heavy atom. The topological polar surface area (TPSA) is 126 Å². The Kier molecular flexibility index (Phi) is 4.57. The van der Waals surface area contributed by atoms with Gasteiger partial charge < -0.3 is 20.4 Å². The summed E-state index contributed by atoms with van der Waals surface area (Å²) < 4.78 is 7.09. The summed E-state index contributed by atoms with van der Waals surface area (Å²) in [6.07, 6.45) is 1.81. The molecule has 10 nitrogen and oxygen atoms in total. The molecule has 4 atom stereocenters. The average molecular weight is 362 g/mol. The van der Waals surface area contributed by atoms with Gasteiger partial charge in [-0.05, 0) is 19.8 Å². The Bertz CT molecular complexity index is 805. The predicted molar refractivity (Wildman–Crippen MR) is 91.0 cm³/mol. The number of anilines is 1. The molecule has 0 spiro atoms. The van der Waals surface area contributed by atoms with E-state index in [0.29, 0.717) is 17.0 Å². The first-order chi connectivity index (χ1) is 12.6. The minimum atomic E-state index is -1.29. The Labute approximate surface area is 149 Å². The molecule has 10 heteroatoms. The van der Waals surface area contributed by atoms with Crippen LogP contribution in [0, 0.1) is 0 Å². The highest BCUT2D eigenvalue weighted by atomic mass is 16.6. The second kappa shape index (κ2) is 6.88. The van der Waals surface area contributed by atoms with Crippen molar-refractivity contribution in [2.75, 3.05) is 18.5 Å². The van der Waals surface area contributed by atoms with Gasteiger partial charge in [-0.15, -0.1) is 0 Å². The van der Waals surface area contributed by atoms with E-state index in [0.717, 1.165) is 25.9 Å². The van der Waals surface area contributed by atoms with Crippen molar-refractivity contribution in [3.8, 4) is 0 Å². The smallest absolute Gasteiger partial charge is 0.172 e. The van der Waals surface area contributed by atoms with Crippen molar-refractivity contribution in [3.63, 3.8) is 0 Å². The molecule has 4 rings (SSSR count). The number of carbonyl (C=O) groups excluding carboxylic acids is 1. The van der Waals surface area contributed by atoms with E-state index in [4.69, 9.17) is 4.74 Å². The van der Waals surface area contributed by atoms with Crippen LogP contribution in [-0.2, 0) is 9.53 Å². The van der Waals surface area contributed by atoms with E-state index >= 15 is 0 Å². The number of aromatic nitrogens is 4. The number of nitrogens with zero attached hydrogens (tertiary/aromatic N) is 5. The first-order valence-corrected chi connectivity index (χ1v) is 8.77. The predicted octanol–water partition coefficient (Wildman–Crippen LogP) is -0.153. The van der Waals surface area contributed by atoms with Crippen molar-refractivity contribution in [1.82, 2.24) is 24.5 Å². The molecule has 0 saturated carbocycles. The van der Waals surface area contributed by atoms with Gasteiger partial charge in [0.25, 0.3) is 0 Å². The molecule has 2 aromatic heterocycles. The van der Waals surface area contributed by atoms with Crippen molar-refractivity contribution in [1.29, 1.82) is 0 Å². The quantitative estimate of drug-likeness (QED) is 0.680. The minimum Gasteiger partial charge on any atom is -0.387 e. The number of rotatable bonds is 4. The van der Waals surface area contributed by atoms with Gasteiger partial charge in [-0.2, -0.15) is 0 Å². The van der Waals surface area contributed by atoms with Gasteiger partial charge in [0, 0.05) is 13.1 Å².